The van der Waals surface area contributed by atoms with Gasteiger partial charge in [0, 0.05) is 11.6 Å². The van der Waals surface area contributed by atoms with Crippen LogP contribution in [0.5, 0.6) is 0 Å². The van der Waals surface area contributed by atoms with E-state index in [4.69, 9.17) is 16.6 Å². The monoisotopic (exact) mass is 556 g/mol. The Kier molecular flexibility index (Phi) is 8.18. The van der Waals surface area contributed by atoms with Crippen molar-refractivity contribution >= 4 is 59.9 Å². The number of rotatable bonds is 9. The number of aromatic nitrogens is 1. The molecule has 4 aromatic rings. The zero-order chi connectivity index (χ0) is 26.7. The summed E-state index contributed by atoms with van der Waals surface area (Å²) in [7, 11) is 0.0310. The number of nitrogens with one attached hydrogen (secondary N) is 1. The van der Waals surface area contributed by atoms with E-state index in [1.165, 1.54) is 35.6 Å². The van der Waals surface area contributed by atoms with Crippen LogP contribution in [0, 0.1) is 13.8 Å². The molecular formula is C27H29ClN4O3S2. The Balaban J connectivity index is 1.71. The number of hydrogen-bond donors (Lipinski definition) is 1. The molecule has 0 saturated carbocycles. The number of benzene rings is 3. The van der Waals surface area contributed by atoms with Crippen molar-refractivity contribution in [3.05, 3.63) is 82.4 Å². The quantitative estimate of drug-likeness (QED) is 0.275. The van der Waals surface area contributed by atoms with Gasteiger partial charge in [-0.3, -0.25) is 14.4 Å². The number of nitrogens with zero attached hydrogens (tertiary/aromatic N) is 3. The summed E-state index contributed by atoms with van der Waals surface area (Å²) >= 11 is 7.37. The highest BCUT2D eigenvalue weighted by Crippen LogP contribution is 2.33. The van der Waals surface area contributed by atoms with E-state index in [0.29, 0.717) is 16.7 Å². The number of para-hydroxylation sites is 1. The fraction of sp³-hybridized carbons (Fsp3) is 0.259. The van der Waals surface area contributed by atoms with Crippen LogP contribution in [0.4, 0.5) is 10.8 Å². The van der Waals surface area contributed by atoms with Crippen molar-refractivity contribution < 1.29 is 13.2 Å². The Morgan fingerprint density at radius 1 is 1.00 bits per heavy atom. The lowest BCUT2D eigenvalue weighted by atomic mass is 10.1. The van der Waals surface area contributed by atoms with Gasteiger partial charge in [0.05, 0.1) is 26.4 Å². The van der Waals surface area contributed by atoms with Gasteiger partial charge in [-0.2, -0.15) is 0 Å². The van der Waals surface area contributed by atoms with Crippen molar-refractivity contribution in [2.24, 2.45) is 0 Å². The number of amides is 1. The number of hydrogen-bond acceptors (Lipinski definition) is 6. The average molecular weight is 557 g/mol. The fourth-order valence-corrected chi connectivity index (χ4v) is 6.11. The maximum atomic E-state index is 13.9. The smallest absolute Gasteiger partial charge is 0.262 e. The van der Waals surface area contributed by atoms with Gasteiger partial charge >= 0.3 is 0 Å². The first-order valence-corrected chi connectivity index (χ1v) is 14.4. The van der Waals surface area contributed by atoms with E-state index < -0.39 is 10.0 Å². The molecule has 0 atom stereocenters. The van der Waals surface area contributed by atoms with Gasteiger partial charge in [0.25, 0.3) is 15.9 Å². The van der Waals surface area contributed by atoms with Gasteiger partial charge in [-0.15, -0.1) is 0 Å². The maximum absolute atomic E-state index is 13.9. The molecule has 0 spiro atoms. The molecule has 0 saturated heterocycles. The van der Waals surface area contributed by atoms with Gasteiger partial charge in [-0.25, -0.2) is 13.4 Å². The predicted molar refractivity (Wildman–Crippen MR) is 153 cm³/mol. The molecule has 3 aromatic carbocycles. The van der Waals surface area contributed by atoms with Crippen molar-refractivity contribution in [3.63, 3.8) is 0 Å². The number of aryl methyl sites for hydroxylation is 2. The molecule has 194 valence electrons. The second-order valence-corrected chi connectivity index (χ2v) is 12.2. The Morgan fingerprint density at radius 2 is 1.68 bits per heavy atom. The highest BCUT2D eigenvalue weighted by Gasteiger charge is 2.25. The summed E-state index contributed by atoms with van der Waals surface area (Å²) in [6.45, 7) is 5.32. The van der Waals surface area contributed by atoms with Crippen molar-refractivity contribution in [1.29, 1.82) is 0 Å². The minimum atomic E-state index is -3.93. The molecule has 0 fully saturated rings. The molecule has 0 radical (unpaired) electrons. The minimum Gasteiger partial charge on any atom is -0.309 e. The standard InChI is InChI=1S/C27H29ClN4O3S2/c1-18-16-24-25(17-19(18)2)36-27(29-24)32(15-7-14-31(3)4)26(33)22-8-5-6-9-23(22)30-37(34,35)21-12-10-20(28)11-13-21/h5-6,8-13,16-17,30H,7,14-15H2,1-4H3. The largest absolute Gasteiger partial charge is 0.309 e. The Bertz CT molecular complexity index is 1490. The van der Waals surface area contributed by atoms with Crippen LogP contribution in [0.2, 0.25) is 5.02 Å². The van der Waals surface area contributed by atoms with Gasteiger partial charge in [-0.05, 0) is 101 Å². The molecule has 4 rings (SSSR count). The van der Waals surface area contributed by atoms with E-state index in [1.807, 2.05) is 27.1 Å². The van der Waals surface area contributed by atoms with Crippen LogP contribution in [0.3, 0.4) is 0 Å². The minimum absolute atomic E-state index is 0.0545. The molecular weight excluding hydrogens is 528 g/mol. The van der Waals surface area contributed by atoms with E-state index in [1.54, 1.807) is 29.2 Å². The number of anilines is 2. The second kappa shape index (κ2) is 11.2. The molecule has 1 amide bonds. The molecule has 0 unspecified atom stereocenters. The van der Waals surface area contributed by atoms with E-state index in [-0.39, 0.29) is 22.1 Å². The Morgan fingerprint density at radius 3 is 2.38 bits per heavy atom. The lowest BCUT2D eigenvalue weighted by molar-refractivity contribution is 0.0987. The van der Waals surface area contributed by atoms with Crippen molar-refractivity contribution in [3.8, 4) is 0 Å². The third-order valence-electron chi connectivity index (χ3n) is 5.98. The molecule has 0 bridgehead atoms. The van der Waals surface area contributed by atoms with Crippen LogP contribution in [0.15, 0.2) is 65.6 Å². The molecule has 10 heteroatoms. The first kappa shape index (κ1) is 27.1. The maximum Gasteiger partial charge on any atom is 0.262 e. The molecule has 1 aromatic heterocycles. The summed E-state index contributed by atoms with van der Waals surface area (Å²) in [5.41, 5.74) is 3.58. The summed E-state index contributed by atoms with van der Waals surface area (Å²) < 4.78 is 29.7. The molecule has 37 heavy (non-hydrogen) atoms. The molecule has 1 N–H and O–H groups in total. The summed E-state index contributed by atoms with van der Waals surface area (Å²) in [6, 6.07) is 16.6. The number of sulfonamides is 1. The zero-order valence-corrected chi connectivity index (χ0v) is 23.5. The summed E-state index contributed by atoms with van der Waals surface area (Å²) in [6.07, 6.45) is 0.728. The second-order valence-electron chi connectivity index (χ2n) is 9.12. The molecule has 0 aliphatic carbocycles. The third-order valence-corrected chi connectivity index (χ3v) is 8.66. The van der Waals surface area contributed by atoms with Crippen LogP contribution >= 0.6 is 22.9 Å². The third kappa shape index (κ3) is 6.30. The summed E-state index contributed by atoms with van der Waals surface area (Å²) in [4.78, 5) is 22.5. The van der Waals surface area contributed by atoms with Gasteiger partial charge in [-0.1, -0.05) is 35.1 Å². The number of halogens is 1. The van der Waals surface area contributed by atoms with E-state index in [0.717, 1.165) is 34.3 Å². The summed E-state index contributed by atoms with van der Waals surface area (Å²) in [5.74, 6) is -0.319. The Labute approximate surface area is 226 Å². The van der Waals surface area contributed by atoms with Gasteiger partial charge in [0.2, 0.25) is 0 Å². The number of carbonyl (C=O) groups is 1. The van der Waals surface area contributed by atoms with Crippen LogP contribution in [-0.4, -0.2) is 51.4 Å². The van der Waals surface area contributed by atoms with Crippen LogP contribution in [0.25, 0.3) is 10.2 Å². The highest BCUT2D eigenvalue weighted by atomic mass is 35.5. The van der Waals surface area contributed by atoms with Gasteiger partial charge in [0.15, 0.2) is 5.13 Å². The van der Waals surface area contributed by atoms with Crippen LogP contribution in [-0.2, 0) is 10.0 Å². The molecule has 0 aliphatic heterocycles. The van der Waals surface area contributed by atoms with Gasteiger partial charge < -0.3 is 4.90 Å². The first-order valence-electron chi connectivity index (χ1n) is 11.8. The van der Waals surface area contributed by atoms with E-state index in [9.17, 15) is 13.2 Å². The van der Waals surface area contributed by atoms with Crippen molar-refractivity contribution in [2.45, 2.75) is 25.2 Å². The van der Waals surface area contributed by atoms with Crippen molar-refractivity contribution in [2.75, 3.05) is 36.8 Å². The average Bonchev–Trinajstić information content (AvgIpc) is 3.24. The highest BCUT2D eigenvalue weighted by molar-refractivity contribution is 7.92. The van der Waals surface area contributed by atoms with E-state index in [2.05, 4.69) is 22.6 Å². The van der Waals surface area contributed by atoms with Gasteiger partial charge in [0.1, 0.15) is 0 Å². The first-order chi connectivity index (χ1) is 17.5. The number of carbonyl (C=O) groups excluding carboxylic acids is 1. The number of fused-ring (bicyclic) bond motifs is 1. The topological polar surface area (TPSA) is 82.6 Å². The van der Waals surface area contributed by atoms with Crippen molar-refractivity contribution in [1.82, 2.24) is 9.88 Å². The Hall–Kier alpha value is -2.98. The van der Waals surface area contributed by atoms with Crippen LogP contribution in [0.1, 0.15) is 27.9 Å². The van der Waals surface area contributed by atoms with E-state index >= 15 is 0 Å². The lowest BCUT2D eigenvalue weighted by Crippen LogP contribution is -2.34. The zero-order valence-electron chi connectivity index (χ0n) is 21.2. The lowest BCUT2D eigenvalue weighted by Gasteiger charge is -2.22. The predicted octanol–water partition coefficient (Wildman–Crippen LogP) is 5.97. The molecule has 0 aliphatic rings. The number of thiazole rings is 1. The normalized spacial score (nSPS) is 11.7. The fourth-order valence-electron chi connectivity index (χ4n) is 3.83. The molecule has 7 nitrogen and oxygen atoms in total. The van der Waals surface area contributed by atoms with Crippen LogP contribution < -0.4 is 9.62 Å². The molecule has 1 heterocycles. The SMILES string of the molecule is Cc1cc2nc(N(CCCN(C)C)C(=O)c3ccccc3NS(=O)(=O)c3ccc(Cl)cc3)sc2cc1C. The summed E-state index contributed by atoms with van der Waals surface area (Å²) in [5, 5.41) is 1.02.